The first-order valence-corrected chi connectivity index (χ1v) is 5.35. The van der Waals surface area contributed by atoms with Gasteiger partial charge < -0.3 is 20.7 Å². The molecule has 1 unspecified atom stereocenters. The molecule has 0 radical (unpaired) electrons. The molecule has 0 amide bonds. The fraction of sp³-hybridized carbons (Fsp3) is 0.556. The van der Waals surface area contributed by atoms with Crippen LogP contribution in [0.4, 0.5) is 0 Å². The van der Waals surface area contributed by atoms with Gasteiger partial charge in [-0.25, -0.2) is 4.99 Å². The van der Waals surface area contributed by atoms with E-state index in [0.29, 0.717) is 17.0 Å². The second-order valence-electron chi connectivity index (χ2n) is 3.63. The molecular weight excluding hydrogens is 230 g/mol. The van der Waals surface area contributed by atoms with Crippen molar-refractivity contribution in [3.8, 4) is 0 Å². The minimum absolute atomic E-state index is 0.470. The summed E-state index contributed by atoms with van der Waals surface area (Å²) in [5.74, 6) is 0.436. The van der Waals surface area contributed by atoms with Crippen LogP contribution in [-0.4, -0.2) is 37.8 Å². The van der Waals surface area contributed by atoms with Gasteiger partial charge in [0.15, 0.2) is 5.96 Å². The summed E-state index contributed by atoms with van der Waals surface area (Å²) in [5.41, 5.74) is 0. The molecule has 7 heteroatoms. The van der Waals surface area contributed by atoms with Gasteiger partial charge in [0.1, 0.15) is 5.16 Å². The van der Waals surface area contributed by atoms with Crippen molar-refractivity contribution in [2.45, 2.75) is 12.7 Å². The van der Waals surface area contributed by atoms with Crippen molar-refractivity contribution in [3.05, 3.63) is 11.2 Å². The zero-order chi connectivity index (χ0) is 11.6. The summed E-state index contributed by atoms with van der Waals surface area (Å²) in [6.07, 6.45) is 1.62. The molecule has 0 bridgehead atoms. The number of halogens is 1. The molecule has 0 aromatic rings. The molecule has 88 valence electrons. The van der Waals surface area contributed by atoms with Gasteiger partial charge in [-0.2, -0.15) is 0 Å². The van der Waals surface area contributed by atoms with Crippen LogP contribution in [0.1, 0.15) is 6.92 Å². The Bertz CT molecular complexity index is 378. The predicted molar refractivity (Wildman–Crippen MR) is 63.4 cm³/mol. The van der Waals surface area contributed by atoms with Gasteiger partial charge in [0.25, 0.3) is 0 Å². The SMILES string of the molecule is COC1=NC(C)(NC2=NCCN2)NC(Cl)=C1. The Morgan fingerprint density at radius 3 is 3.06 bits per heavy atom. The lowest BCUT2D eigenvalue weighted by atomic mass is 10.3. The average Bonchev–Trinajstić information content (AvgIpc) is 2.68. The molecule has 16 heavy (non-hydrogen) atoms. The van der Waals surface area contributed by atoms with Crippen molar-refractivity contribution in [2.75, 3.05) is 20.2 Å². The maximum absolute atomic E-state index is 5.95. The van der Waals surface area contributed by atoms with Gasteiger partial charge in [0, 0.05) is 12.6 Å². The fourth-order valence-electron chi connectivity index (χ4n) is 1.53. The van der Waals surface area contributed by atoms with Gasteiger partial charge in [-0.1, -0.05) is 11.6 Å². The lowest BCUT2D eigenvalue weighted by Gasteiger charge is -2.31. The minimum atomic E-state index is -0.743. The molecule has 2 rings (SSSR count). The van der Waals surface area contributed by atoms with Crippen molar-refractivity contribution in [1.29, 1.82) is 0 Å². The van der Waals surface area contributed by atoms with Crippen LogP contribution in [0.25, 0.3) is 0 Å². The maximum Gasteiger partial charge on any atom is 0.215 e. The Hall–Kier alpha value is -1.43. The number of hydrogen-bond acceptors (Lipinski definition) is 6. The topological polar surface area (TPSA) is 70.0 Å². The van der Waals surface area contributed by atoms with Gasteiger partial charge >= 0.3 is 0 Å². The summed E-state index contributed by atoms with van der Waals surface area (Å²) in [6, 6.07) is 0. The van der Waals surface area contributed by atoms with Crippen LogP contribution >= 0.6 is 11.6 Å². The smallest absolute Gasteiger partial charge is 0.215 e. The number of guanidine groups is 1. The van der Waals surface area contributed by atoms with E-state index in [2.05, 4.69) is 25.9 Å². The summed E-state index contributed by atoms with van der Waals surface area (Å²) in [6.45, 7) is 3.45. The van der Waals surface area contributed by atoms with Crippen LogP contribution in [0.5, 0.6) is 0 Å². The molecule has 0 saturated carbocycles. The molecule has 0 aromatic heterocycles. The van der Waals surface area contributed by atoms with E-state index >= 15 is 0 Å². The monoisotopic (exact) mass is 243 g/mol. The normalized spacial score (nSPS) is 28.3. The van der Waals surface area contributed by atoms with Crippen LogP contribution in [0.2, 0.25) is 0 Å². The van der Waals surface area contributed by atoms with E-state index in [-0.39, 0.29) is 0 Å². The average molecular weight is 244 g/mol. The lowest BCUT2D eigenvalue weighted by Crippen LogP contribution is -2.58. The fourth-order valence-corrected chi connectivity index (χ4v) is 1.81. The summed E-state index contributed by atoms with van der Waals surface area (Å²) in [4.78, 5) is 8.57. The van der Waals surface area contributed by atoms with Crippen LogP contribution in [0.15, 0.2) is 21.2 Å². The Labute approximate surface area is 98.8 Å². The molecule has 3 N–H and O–H groups in total. The summed E-state index contributed by atoms with van der Waals surface area (Å²) >= 11 is 5.95. The standard InChI is InChI=1S/C9H14ClN5O/c1-9(15-8-11-3-4-12-8)13-6(10)5-7(14-9)16-2/h5,13H,3-4H2,1-2H3,(H2,11,12,15). The Morgan fingerprint density at radius 2 is 2.44 bits per heavy atom. The third-order valence-corrected chi connectivity index (χ3v) is 2.40. The zero-order valence-corrected chi connectivity index (χ0v) is 9.93. The van der Waals surface area contributed by atoms with Crippen LogP contribution in [-0.2, 0) is 4.74 Å². The van der Waals surface area contributed by atoms with Crippen molar-refractivity contribution in [3.63, 3.8) is 0 Å². The number of aliphatic imine (C=N–C) groups is 2. The van der Waals surface area contributed by atoms with Gasteiger partial charge in [-0.05, 0) is 6.92 Å². The highest BCUT2D eigenvalue weighted by Gasteiger charge is 2.29. The quantitative estimate of drug-likeness (QED) is 0.565. The van der Waals surface area contributed by atoms with E-state index in [1.54, 1.807) is 13.2 Å². The van der Waals surface area contributed by atoms with Gasteiger partial charge in [0.05, 0.1) is 13.7 Å². The van der Waals surface area contributed by atoms with E-state index in [9.17, 15) is 0 Å². The molecule has 0 spiro atoms. The molecule has 0 aromatic carbocycles. The number of nitrogens with zero attached hydrogens (tertiary/aromatic N) is 2. The Morgan fingerprint density at radius 1 is 1.62 bits per heavy atom. The number of nitrogens with one attached hydrogen (secondary N) is 3. The van der Waals surface area contributed by atoms with Crippen molar-refractivity contribution < 1.29 is 4.74 Å². The molecular formula is C9H14ClN5O. The third kappa shape index (κ3) is 2.38. The van der Waals surface area contributed by atoms with E-state index in [1.165, 1.54) is 0 Å². The number of hydrogen-bond donors (Lipinski definition) is 3. The molecule has 1 atom stereocenters. The van der Waals surface area contributed by atoms with E-state index < -0.39 is 5.79 Å². The predicted octanol–water partition coefficient (Wildman–Crippen LogP) is -0.0628. The molecule has 2 aliphatic heterocycles. The Balaban J connectivity index is 2.12. The van der Waals surface area contributed by atoms with E-state index in [4.69, 9.17) is 16.3 Å². The minimum Gasteiger partial charge on any atom is -0.481 e. The first kappa shape index (κ1) is 11.1. The number of methoxy groups -OCH3 is 1. The maximum atomic E-state index is 5.95. The highest BCUT2D eigenvalue weighted by atomic mass is 35.5. The van der Waals surface area contributed by atoms with Crippen LogP contribution in [0.3, 0.4) is 0 Å². The van der Waals surface area contributed by atoms with E-state index in [1.807, 2.05) is 6.92 Å². The van der Waals surface area contributed by atoms with Gasteiger partial charge in [-0.15, -0.1) is 0 Å². The molecule has 6 nitrogen and oxygen atoms in total. The summed E-state index contributed by atoms with van der Waals surface area (Å²) < 4.78 is 5.07. The van der Waals surface area contributed by atoms with Crippen LogP contribution < -0.4 is 16.0 Å². The molecule has 0 fully saturated rings. The third-order valence-electron chi connectivity index (χ3n) is 2.19. The molecule has 0 aliphatic carbocycles. The van der Waals surface area contributed by atoms with E-state index in [0.717, 1.165) is 13.1 Å². The van der Waals surface area contributed by atoms with Crippen molar-refractivity contribution in [1.82, 2.24) is 16.0 Å². The second kappa shape index (κ2) is 4.21. The van der Waals surface area contributed by atoms with Crippen LogP contribution in [0, 0.1) is 0 Å². The number of ether oxygens (including phenoxy) is 1. The zero-order valence-electron chi connectivity index (χ0n) is 9.17. The first-order valence-electron chi connectivity index (χ1n) is 4.97. The first-order chi connectivity index (χ1) is 7.61. The molecule has 2 heterocycles. The highest BCUT2D eigenvalue weighted by molar-refractivity contribution is 6.30. The highest BCUT2D eigenvalue weighted by Crippen LogP contribution is 2.14. The lowest BCUT2D eigenvalue weighted by molar-refractivity contribution is 0.339. The largest absolute Gasteiger partial charge is 0.481 e. The Kier molecular flexibility index (Phi) is 2.91. The molecule has 2 aliphatic rings. The number of rotatable bonds is 1. The summed E-state index contributed by atoms with van der Waals surface area (Å²) in [5, 5.41) is 9.71. The summed E-state index contributed by atoms with van der Waals surface area (Å²) in [7, 11) is 1.55. The van der Waals surface area contributed by atoms with Crippen molar-refractivity contribution in [2.24, 2.45) is 9.98 Å². The van der Waals surface area contributed by atoms with Crippen molar-refractivity contribution >= 4 is 23.5 Å². The molecule has 0 saturated heterocycles. The van der Waals surface area contributed by atoms with Gasteiger partial charge in [0.2, 0.25) is 11.7 Å². The second-order valence-corrected chi connectivity index (χ2v) is 4.03. The van der Waals surface area contributed by atoms with Gasteiger partial charge in [-0.3, -0.25) is 4.99 Å².